The van der Waals surface area contributed by atoms with Gasteiger partial charge in [-0.3, -0.25) is 0 Å². The molecule has 1 aliphatic rings. The van der Waals surface area contributed by atoms with E-state index in [2.05, 4.69) is 36.5 Å². The van der Waals surface area contributed by atoms with Crippen LogP contribution in [-0.4, -0.2) is 17.6 Å². The van der Waals surface area contributed by atoms with Crippen LogP contribution in [0.4, 0.5) is 0 Å². The second-order valence-corrected chi connectivity index (χ2v) is 6.86. The standard InChI is InChI=1S/C15H26N2S/c1-4-7-16-15-6-5-11(2)8-13(15)9-14-10-18-12(3)17-14/h10-11,13,15-16H,4-9H2,1-3H3. The van der Waals surface area contributed by atoms with Gasteiger partial charge >= 0.3 is 0 Å². The monoisotopic (exact) mass is 266 g/mol. The molecule has 3 unspecified atom stereocenters. The zero-order chi connectivity index (χ0) is 13.0. The molecule has 1 fully saturated rings. The molecule has 1 aromatic heterocycles. The normalized spacial score (nSPS) is 28.5. The Labute approximate surface area is 115 Å². The molecule has 1 N–H and O–H groups in total. The van der Waals surface area contributed by atoms with Gasteiger partial charge < -0.3 is 5.32 Å². The summed E-state index contributed by atoms with van der Waals surface area (Å²) in [6, 6.07) is 0.711. The molecule has 2 rings (SSSR count). The van der Waals surface area contributed by atoms with E-state index in [9.17, 15) is 0 Å². The Bertz CT molecular complexity index is 359. The first-order chi connectivity index (χ1) is 8.69. The van der Waals surface area contributed by atoms with Crippen molar-refractivity contribution in [3.8, 4) is 0 Å². The van der Waals surface area contributed by atoms with Crippen LogP contribution in [0.25, 0.3) is 0 Å². The Morgan fingerprint density at radius 1 is 1.44 bits per heavy atom. The highest BCUT2D eigenvalue weighted by Crippen LogP contribution is 2.31. The largest absolute Gasteiger partial charge is 0.314 e. The smallest absolute Gasteiger partial charge is 0.0897 e. The summed E-state index contributed by atoms with van der Waals surface area (Å²) in [5.41, 5.74) is 1.31. The van der Waals surface area contributed by atoms with Crippen LogP contribution in [0.15, 0.2) is 5.38 Å². The molecule has 0 amide bonds. The zero-order valence-electron chi connectivity index (χ0n) is 11.9. The Kier molecular flexibility index (Phi) is 5.19. The number of aryl methyl sites for hydroxylation is 1. The number of nitrogens with zero attached hydrogens (tertiary/aromatic N) is 1. The van der Waals surface area contributed by atoms with Gasteiger partial charge in [-0.05, 0) is 57.4 Å². The van der Waals surface area contributed by atoms with Crippen molar-refractivity contribution >= 4 is 11.3 Å². The molecule has 3 heteroatoms. The third-order valence-electron chi connectivity index (χ3n) is 4.04. The summed E-state index contributed by atoms with van der Waals surface area (Å²) in [6.07, 6.45) is 6.48. The van der Waals surface area contributed by atoms with E-state index in [1.165, 1.54) is 36.4 Å². The van der Waals surface area contributed by atoms with E-state index in [0.717, 1.165) is 24.8 Å². The second-order valence-electron chi connectivity index (χ2n) is 5.80. The molecule has 3 atom stereocenters. The fourth-order valence-corrected chi connectivity index (χ4v) is 3.72. The molecule has 1 aliphatic carbocycles. The molecular weight excluding hydrogens is 240 g/mol. The first-order valence-corrected chi connectivity index (χ1v) is 8.21. The summed E-state index contributed by atoms with van der Waals surface area (Å²) in [7, 11) is 0. The average Bonchev–Trinajstić information content (AvgIpc) is 2.74. The van der Waals surface area contributed by atoms with Crippen molar-refractivity contribution in [2.75, 3.05) is 6.54 Å². The van der Waals surface area contributed by atoms with Crippen LogP contribution in [0.2, 0.25) is 0 Å². The summed E-state index contributed by atoms with van der Waals surface area (Å²) in [5, 5.41) is 7.19. The highest BCUT2D eigenvalue weighted by atomic mass is 32.1. The van der Waals surface area contributed by atoms with E-state index in [0.29, 0.717) is 6.04 Å². The summed E-state index contributed by atoms with van der Waals surface area (Å²) in [6.45, 7) is 7.91. The minimum atomic E-state index is 0.711. The van der Waals surface area contributed by atoms with Gasteiger partial charge in [0.15, 0.2) is 0 Å². The van der Waals surface area contributed by atoms with Gasteiger partial charge in [-0.2, -0.15) is 0 Å². The molecule has 0 aromatic carbocycles. The molecule has 18 heavy (non-hydrogen) atoms. The number of aromatic nitrogens is 1. The van der Waals surface area contributed by atoms with Gasteiger partial charge in [-0.1, -0.05) is 13.8 Å². The van der Waals surface area contributed by atoms with E-state index in [4.69, 9.17) is 0 Å². The zero-order valence-corrected chi connectivity index (χ0v) is 12.7. The molecule has 0 spiro atoms. The fraction of sp³-hybridized carbons (Fsp3) is 0.800. The van der Waals surface area contributed by atoms with Gasteiger partial charge in [0.05, 0.1) is 10.7 Å². The molecule has 0 aliphatic heterocycles. The lowest BCUT2D eigenvalue weighted by molar-refractivity contribution is 0.211. The summed E-state index contributed by atoms with van der Waals surface area (Å²) in [4.78, 5) is 4.64. The van der Waals surface area contributed by atoms with Crippen LogP contribution >= 0.6 is 11.3 Å². The Morgan fingerprint density at radius 2 is 2.28 bits per heavy atom. The first kappa shape index (κ1) is 14.0. The lowest BCUT2D eigenvalue weighted by Gasteiger charge is -2.35. The van der Waals surface area contributed by atoms with E-state index in [1.807, 2.05) is 0 Å². The lowest BCUT2D eigenvalue weighted by atomic mass is 9.76. The number of rotatable bonds is 5. The van der Waals surface area contributed by atoms with E-state index >= 15 is 0 Å². The predicted molar refractivity (Wildman–Crippen MR) is 79.1 cm³/mol. The molecule has 0 saturated heterocycles. The van der Waals surface area contributed by atoms with Crippen molar-refractivity contribution in [2.24, 2.45) is 11.8 Å². The van der Waals surface area contributed by atoms with Crippen molar-refractivity contribution in [1.82, 2.24) is 10.3 Å². The van der Waals surface area contributed by atoms with Crippen molar-refractivity contribution in [3.63, 3.8) is 0 Å². The minimum absolute atomic E-state index is 0.711. The van der Waals surface area contributed by atoms with Crippen molar-refractivity contribution < 1.29 is 0 Å². The Hall–Kier alpha value is -0.410. The highest BCUT2D eigenvalue weighted by molar-refractivity contribution is 7.09. The van der Waals surface area contributed by atoms with Crippen LogP contribution in [0.5, 0.6) is 0 Å². The number of hydrogen-bond acceptors (Lipinski definition) is 3. The molecule has 1 saturated carbocycles. The van der Waals surface area contributed by atoms with E-state index in [1.54, 1.807) is 11.3 Å². The predicted octanol–water partition coefficient (Wildman–Crippen LogP) is 3.80. The van der Waals surface area contributed by atoms with Gasteiger partial charge in [-0.15, -0.1) is 11.3 Å². The van der Waals surface area contributed by atoms with Crippen molar-refractivity contribution in [3.05, 3.63) is 16.1 Å². The third kappa shape index (κ3) is 3.79. The molecule has 1 heterocycles. The van der Waals surface area contributed by atoms with E-state index < -0.39 is 0 Å². The van der Waals surface area contributed by atoms with E-state index in [-0.39, 0.29) is 0 Å². The van der Waals surface area contributed by atoms with Gasteiger partial charge in [0, 0.05) is 11.4 Å². The quantitative estimate of drug-likeness (QED) is 0.877. The van der Waals surface area contributed by atoms with Gasteiger partial charge in [-0.25, -0.2) is 4.98 Å². The van der Waals surface area contributed by atoms with Crippen LogP contribution in [0, 0.1) is 18.8 Å². The number of thiazole rings is 1. The van der Waals surface area contributed by atoms with Crippen molar-refractivity contribution in [1.29, 1.82) is 0 Å². The molecule has 1 aromatic rings. The van der Waals surface area contributed by atoms with Crippen molar-refractivity contribution in [2.45, 2.75) is 58.9 Å². The maximum absolute atomic E-state index is 4.64. The molecule has 2 nitrogen and oxygen atoms in total. The van der Waals surface area contributed by atoms with Crippen LogP contribution in [0.1, 0.15) is 50.2 Å². The second kappa shape index (κ2) is 6.67. The summed E-state index contributed by atoms with van der Waals surface area (Å²) < 4.78 is 0. The van der Waals surface area contributed by atoms with Crippen LogP contribution < -0.4 is 5.32 Å². The Balaban J connectivity index is 1.96. The molecule has 0 radical (unpaired) electrons. The van der Waals surface area contributed by atoms with Crippen LogP contribution in [0.3, 0.4) is 0 Å². The highest BCUT2D eigenvalue weighted by Gasteiger charge is 2.28. The third-order valence-corrected chi connectivity index (χ3v) is 4.86. The summed E-state index contributed by atoms with van der Waals surface area (Å²) >= 11 is 1.78. The number of hydrogen-bond donors (Lipinski definition) is 1. The van der Waals surface area contributed by atoms with Gasteiger partial charge in [0.1, 0.15) is 0 Å². The van der Waals surface area contributed by atoms with Crippen LogP contribution in [-0.2, 0) is 6.42 Å². The molecule has 0 bridgehead atoms. The topological polar surface area (TPSA) is 24.9 Å². The molecule has 102 valence electrons. The molecular formula is C15H26N2S. The lowest BCUT2D eigenvalue weighted by Crippen LogP contribution is -2.41. The minimum Gasteiger partial charge on any atom is -0.314 e. The fourth-order valence-electron chi connectivity index (χ4n) is 3.09. The first-order valence-electron chi connectivity index (χ1n) is 7.33. The maximum atomic E-state index is 4.64. The maximum Gasteiger partial charge on any atom is 0.0897 e. The number of nitrogens with one attached hydrogen (secondary N) is 1. The SMILES string of the molecule is CCCNC1CCC(C)CC1Cc1csc(C)n1. The average molecular weight is 266 g/mol. The van der Waals surface area contributed by atoms with Gasteiger partial charge in [0.25, 0.3) is 0 Å². The van der Waals surface area contributed by atoms with Gasteiger partial charge in [0.2, 0.25) is 0 Å². The Morgan fingerprint density at radius 3 is 2.94 bits per heavy atom. The summed E-state index contributed by atoms with van der Waals surface area (Å²) in [5.74, 6) is 1.66.